The fraction of sp³-hybridized carbons (Fsp3) is 0.625. The van der Waals surface area contributed by atoms with Gasteiger partial charge in [-0.25, -0.2) is 13.1 Å². The zero-order valence-electron chi connectivity index (χ0n) is 8.60. The minimum atomic E-state index is -3.41. The van der Waals surface area contributed by atoms with Crippen molar-refractivity contribution in [2.75, 3.05) is 13.1 Å². The summed E-state index contributed by atoms with van der Waals surface area (Å²) in [6.07, 6.45) is 3.42. The number of hydrogen-bond acceptors (Lipinski definition) is 4. The number of H-pyrrole nitrogens is 1. The Hall–Kier alpha value is -0.920. The summed E-state index contributed by atoms with van der Waals surface area (Å²) >= 11 is 0. The molecule has 1 atom stereocenters. The van der Waals surface area contributed by atoms with Gasteiger partial charge in [0.15, 0.2) is 0 Å². The van der Waals surface area contributed by atoms with Crippen LogP contribution in [0.5, 0.6) is 0 Å². The smallest absolute Gasteiger partial charge is 0.243 e. The standard InChI is InChI=1S/C8H16N4O2S/c1-7(2-3-9)4-12-15(13,14)8-5-10-11-6-8/h5-7,12H,2-4,9H2,1H3,(H,10,11). The molecular weight excluding hydrogens is 216 g/mol. The lowest BCUT2D eigenvalue weighted by atomic mass is 10.1. The molecule has 0 aliphatic rings. The molecule has 0 aliphatic carbocycles. The Morgan fingerprint density at radius 1 is 1.67 bits per heavy atom. The van der Waals surface area contributed by atoms with Crippen LogP contribution in [0.15, 0.2) is 17.3 Å². The van der Waals surface area contributed by atoms with E-state index >= 15 is 0 Å². The average molecular weight is 232 g/mol. The second-order valence-electron chi connectivity index (χ2n) is 3.47. The zero-order valence-corrected chi connectivity index (χ0v) is 9.42. The molecule has 0 radical (unpaired) electrons. The highest BCUT2D eigenvalue weighted by molar-refractivity contribution is 7.89. The molecule has 1 rings (SSSR count). The number of aromatic amines is 1. The molecule has 0 amide bonds. The van der Waals surface area contributed by atoms with Gasteiger partial charge in [0.05, 0.1) is 6.20 Å². The maximum absolute atomic E-state index is 11.6. The van der Waals surface area contributed by atoms with Crippen LogP contribution in [0.25, 0.3) is 0 Å². The molecule has 0 saturated carbocycles. The van der Waals surface area contributed by atoms with E-state index in [2.05, 4.69) is 14.9 Å². The Morgan fingerprint density at radius 3 is 2.93 bits per heavy atom. The fourth-order valence-corrected chi connectivity index (χ4v) is 2.18. The summed E-state index contributed by atoms with van der Waals surface area (Å²) in [4.78, 5) is 0.155. The van der Waals surface area contributed by atoms with Gasteiger partial charge >= 0.3 is 0 Å². The molecule has 0 aromatic carbocycles. The summed E-state index contributed by atoms with van der Waals surface area (Å²) in [5, 5.41) is 6.05. The monoisotopic (exact) mass is 232 g/mol. The van der Waals surface area contributed by atoms with Crippen molar-refractivity contribution in [3.63, 3.8) is 0 Å². The van der Waals surface area contributed by atoms with Crippen LogP contribution >= 0.6 is 0 Å². The van der Waals surface area contributed by atoms with Crippen molar-refractivity contribution in [3.05, 3.63) is 12.4 Å². The number of aromatic nitrogens is 2. The second kappa shape index (κ2) is 5.24. The van der Waals surface area contributed by atoms with E-state index in [4.69, 9.17) is 5.73 Å². The topological polar surface area (TPSA) is 101 Å². The predicted molar refractivity (Wildman–Crippen MR) is 56.6 cm³/mol. The van der Waals surface area contributed by atoms with Crippen molar-refractivity contribution in [2.45, 2.75) is 18.2 Å². The van der Waals surface area contributed by atoms with Gasteiger partial charge in [-0.1, -0.05) is 6.92 Å². The Kier molecular flexibility index (Phi) is 4.25. The molecule has 1 aromatic heterocycles. The van der Waals surface area contributed by atoms with Crippen molar-refractivity contribution in [3.8, 4) is 0 Å². The Labute approximate surface area is 89.3 Å². The first-order valence-electron chi connectivity index (χ1n) is 4.75. The largest absolute Gasteiger partial charge is 0.330 e. The van der Waals surface area contributed by atoms with Gasteiger partial charge in [0.1, 0.15) is 4.90 Å². The van der Waals surface area contributed by atoms with Gasteiger partial charge in [0, 0.05) is 12.7 Å². The first-order chi connectivity index (χ1) is 7.06. The lowest BCUT2D eigenvalue weighted by Crippen LogP contribution is -2.29. The molecule has 0 saturated heterocycles. The van der Waals surface area contributed by atoms with Gasteiger partial charge in [-0.3, -0.25) is 5.10 Å². The van der Waals surface area contributed by atoms with Crippen molar-refractivity contribution >= 4 is 10.0 Å². The molecule has 1 heterocycles. The lowest BCUT2D eigenvalue weighted by molar-refractivity contribution is 0.515. The molecular formula is C8H16N4O2S. The first-order valence-corrected chi connectivity index (χ1v) is 6.23. The summed E-state index contributed by atoms with van der Waals surface area (Å²) in [5.41, 5.74) is 5.37. The van der Waals surface area contributed by atoms with Crippen LogP contribution in [0.1, 0.15) is 13.3 Å². The summed E-state index contributed by atoms with van der Waals surface area (Å²) in [5.74, 6) is 0.233. The molecule has 7 heteroatoms. The molecule has 0 aliphatic heterocycles. The van der Waals surface area contributed by atoms with Gasteiger partial charge in [-0.2, -0.15) is 5.10 Å². The maximum Gasteiger partial charge on any atom is 0.243 e. The number of nitrogens with zero attached hydrogens (tertiary/aromatic N) is 1. The Bertz CT molecular complexity index is 373. The molecule has 86 valence electrons. The quantitative estimate of drug-likeness (QED) is 0.625. The lowest BCUT2D eigenvalue weighted by Gasteiger charge is -2.10. The van der Waals surface area contributed by atoms with Crippen molar-refractivity contribution in [2.24, 2.45) is 11.7 Å². The Balaban J connectivity index is 2.52. The summed E-state index contributed by atoms with van der Waals surface area (Å²) in [6.45, 7) is 2.91. The first kappa shape index (κ1) is 12.2. The molecule has 0 fully saturated rings. The van der Waals surface area contributed by atoms with E-state index < -0.39 is 10.0 Å². The van der Waals surface area contributed by atoms with Crippen LogP contribution in [-0.4, -0.2) is 31.7 Å². The minimum absolute atomic E-state index is 0.155. The summed E-state index contributed by atoms with van der Waals surface area (Å²) in [7, 11) is -3.41. The van der Waals surface area contributed by atoms with Crippen LogP contribution in [0.2, 0.25) is 0 Å². The highest BCUT2D eigenvalue weighted by atomic mass is 32.2. The van der Waals surface area contributed by atoms with Gasteiger partial charge in [0.25, 0.3) is 0 Å². The van der Waals surface area contributed by atoms with Crippen LogP contribution < -0.4 is 10.5 Å². The van der Waals surface area contributed by atoms with Crippen LogP contribution in [0.3, 0.4) is 0 Å². The molecule has 0 bridgehead atoms. The summed E-state index contributed by atoms with van der Waals surface area (Å²) < 4.78 is 25.7. The summed E-state index contributed by atoms with van der Waals surface area (Å²) in [6, 6.07) is 0. The molecule has 4 N–H and O–H groups in total. The molecule has 1 aromatic rings. The third-order valence-electron chi connectivity index (χ3n) is 2.06. The third-order valence-corrected chi connectivity index (χ3v) is 3.46. The average Bonchev–Trinajstić information content (AvgIpc) is 2.69. The number of nitrogens with one attached hydrogen (secondary N) is 2. The second-order valence-corrected chi connectivity index (χ2v) is 5.24. The van der Waals surface area contributed by atoms with E-state index in [1.165, 1.54) is 12.4 Å². The van der Waals surface area contributed by atoms with E-state index in [9.17, 15) is 8.42 Å². The van der Waals surface area contributed by atoms with Crippen molar-refractivity contribution < 1.29 is 8.42 Å². The van der Waals surface area contributed by atoms with E-state index in [1.54, 1.807) is 0 Å². The van der Waals surface area contributed by atoms with Gasteiger partial charge in [-0.15, -0.1) is 0 Å². The van der Waals surface area contributed by atoms with Crippen LogP contribution in [0, 0.1) is 5.92 Å². The maximum atomic E-state index is 11.6. The van der Waals surface area contributed by atoms with Crippen molar-refractivity contribution in [1.82, 2.24) is 14.9 Å². The highest BCUT2D eigenvalue weighted by Gasteiger charge is 2.15. The van der Waals surface area contributed by atoms with E-state index in [1.807, 2.05) is 6.92 Å². The van der Waals surface area contributed by atoms with Gasteiger partial charge < -0.3 is 5.73 Å². The molecule has 15 heavy (non-hydrogen) atoms. The van der Waals surface area contributed by atoms with E-state index in [-0.39, 0.29) is 10.8 Å². The number of nitrogens with two attached hydrogens (primary N) is 1. The predicted octanol–water partition coefficient (Wildman–Crippen LogP) is -0.327. The fourth-order valence-electron chi connectivity index (χ4n) is 1.11. The number of sulfonamides is 1. The van der Waals surface area contributed by atoms with Crippen molar-refractivity contribution in [1.29, 1.82) is 0 Å². The van der Waals surface area contributed by atoms with Gasteiger partial charge in [-0.05, 0) is 18.9 Å². The normalized spacial score (nSPS) is 14.0. The SMILES string of the molecule is CC(CCN)CNS(=O)(=O)c1cn[nH]c1. The van der Waals surface area contributed by atoms with Crippen LogP contribution in [-0.2, 0) is 10.0 Å². The molecule has 6 nitrogen and oxygen atoms in total. The third kappa shape index (κ3) is 3.61. The number of hydrogen-bond donors (Lipinski definition) is 3. The van der Waals surface area contributed by atoms with Gasteiger partial charge in [0.2, 0.25) is 10.0 Å². The molecule has 1 unspecified atom stereocenters. The highest BCUT2D eigenvalue weighted by Crippen LogP contribution is 2.06. The van der Waals surface area contributed by atoms with Crippen LogP contribution in [0.4, 0.5) is 0 Å². The minimum Gasteiger partial charge on any atom is -0.330 e. The van der Waals surface area contributed by atoms with E-state index in [0.29, 0.717) is 13.1 Å². The molecule has 0 spiro atoms. The zero-order chi connectivity index (χ0) is 11.3. The number of rotatable bonds is 6. The Morgan fingerprint density at radius 2 is 2.40 bits per heavy atom. The van der Waals surface area contributed by atoms with E-state index in [0.717, 1.165) is 6.42 Å².